The summed E-state index contributed by atoms with van der Waals surface area (Å²) in [5.74, 6) is -1.75. The van der Waals surface area contributed by atoms with Crippen LogP contribution < -0.4 is 5.73 Å². The first-order chi connectivity index (χ1) is 8.50. The van der Waals surface area contributed by atoms with Crippen LogP contribution in [0.4, 0.5) is 10.1 Å². The molecule has 0 fully saturated rings. The molecule has 0 atom stereocenters. The number of aromatic nitrogens is 2. The number of nitrogens with two attached hydrogens (primary N) is 1. The summed E-state index contributed by atoms with van der Waals surface area (Å²) in [6.07, 6.45) is 1.29. The van der Waals surface area contributed by atoms with Crippen LogP contribution in [-0.2, 0) is 0 Å². The maximum absolute atomic E-state index is 13.4. The summed E-state index contributed by atoms with van der Waals surface area (Å²) in [6, 6.07) is 4.89. The molecular weight excluding hydrogens is 243 g/mol. The Hall–Kier alpha value is -2.77. The van der Waals surface area contributed by atoms with E-state index in [1.54, 1.807) is 0 Å². The van der Waals surface area contributed by atoms with E-state index in [2.05, 4.69) is 5.10 Å². The molecule has 2 rings (SSSR count). The van der Waals surface area contributed by atoms with Crippen molar-refractivity contribution in [1.82, 2.24) is 9.78 Å². The molecule has 7 nitrogen and oxygen atoms in total. The third-order valence-electron chi connectivity index (χ3n) is 2.24. The van der Waals surface area contributed by atoms with Crippen LogP contribution in [0.15, 0.2) is 30.5 Å². The average molecular weight is 250 g/mol. The molecule has 0 radical (unpaired) electrons. The zero-order valence-corrected chi connectivity index (χ0v) is 8.91. The number of primary amides is 1. The van der Waals surface area contributed by atoms with Crippen LogP contribution in [-0.4, -0.2) is 20.6 Å². The highest BCUT2D eigenvalue weighted by atomic mass is 19.1. The Morgan fingerprint density at radius 3 is 2.72 bits per heavy atom. The van der Waals surface area contributed by atoms with E-state index in [9.17, 15) is 19.3 Å². The lowest BCUT2D eigenvalue weighted by molar-refractivity contribution is -0.387. The monoisotopic (exact) mass is 250 g/mol. The quantitative estimate of drug-likeness (QED) is 0.648. The second-order valence-electron chi connectivity index (χ2n) is 3.37. The van der Waals surface area contributed by atoms with Crippen molar-refractivity contribution in [2.75, 3.05) is 0 Å². The van der Waals surface area contributed by atoms with E-state index in [0.717, 1.165) is 10.7 Å². The molecule has 92 valence electrons. The van der Waals surface area contributed by atoms with Gasteiger partial charge in [0.25, 0.3) is 5.91 Å². The Bertz CT molecular complexity index is 638. The fourth-order valence-electron chi connectivity index (χ4n) is 1.46. The van der Waals surface area contributed by atoms with Gasteiger partial charge in [-0.15, -0.1) is 0 Å². The van der Waals surface area contributed by atoms with Gasteiger partial charge in [-0.2, -0.15) is 9.49 Å². The SMILES string of the molecule is NC(=O)c1ccn(-c2cccc(F)c2[N+](=O)[O-])n1. The average Bonchev–Trinajstić information content (AvgIpc) is 2.77. The van der Waals surface area contributed by atoms with Crippen molar-refractivity contribution in [2.24, 2.45) is 5.73 Å². The van der Waals surface area contributed by atoms with E-state index < -0.39 is 22.3 Å². The van der Waals surface area contributed by atoms with Gasteiger partial charge in [0.2, 0.25) is 5.82 Å². The standard InChI is InChI=1S/C10H7FN4O3/c11-6-2-1-3-8(9(6)15(17)18)14-5-4-7(13-14)10(12)16/h1-5H,(H2,12,16). The van der Waals surface area contributed by atoms with E-state index >= 15 is 0 Å². The van der Waals surface area contributed by atoms with Crippen molar-refractivity contribution in [3.8, 4) is 5.69 Å². The summed E-state index contributed by atoms with van der Waals surface area (Å²) in [5.41, 5.74) is 4.16. The highest BCUT2D eigenvalue weighted by Gasteiger charge is 2.22. The lowest BCUT2D eigenvalue weighted by atomic mass is 10.2. The molecule has 1 heterocycles. The molecule has 0 aliphatic heterocycles. The van der Waals surface area contributed by atoms with Gasteiger partial charge in [0.1, 0.15) is 11.4 Å². The van der Waals surface area contributed by atoms with Crippen LogP contribution in [0.2, 0.25) is 0 Å². The van der Waals surface area contributed by atoms with Gasteiger partial charge in [-0.25, -0.2) is 4.68 Å². The van der Waals surface area contributed by atoms with Crippen molar-refractivity contribution < 1.29 is 14.1 Å². The minimum atomic E-state index is -0.978. The van der Waals surface area contributed by atoms with Crippen molar-refractivity contribution in [2.45, 2.75) is 0 Å². The van der Waals surface area contributed by atoms with E-state index in [4.69, 9.17) is 5.73 Å². The number of amides is 1. The summed E-state index contributed by atoms with van der Waals surface area (Å²) in [4.78, 5) is 20.8. The third-order valence-corrected chi connectivity index (χ3v) is 2.24. The van der Waals surface area contributed by atoms with Crippen LogP contribution in [0.5, 0.6) is 0 Å². The number of nitrogens with zero attached hydrogens (tertiary/aromatic N) is 3. The molecule has 1 amide bonds. The van der Waals surface area contributed by atoms with Gasteiger partial charge in [0.15, 0.2) is 0 Å². The molecule has 2 aromatic rings. The Kier molecular flexibility index (Phi) is 2.76. The first kappa shape index (κ1) is 11.7. The second-order valence-corrected chi connectivity index (χ2v) is 3.37. The summed E-state index contributed by atoms with van der Waals surface area (Å²) in [5, 5.41) is 14.5. The normalized spacial score (nSPS) is 10.3. The number of nitro groups is 1. The minimum absolute atomic E-state index is 0.0615. The molecule has 18 heavy (non-hydrogen) atoms. The van der Waals surface area contributed by atoms with Gasteiger partial charge in [0.05, 0.1) is 4.92 Å². The molecular formula is C10H7FN4O3. The predicted molar refractivity (Wildman–Crippen MR) is 58.7 cm³/mol. The number of rotatable bonds is 3. The van der Waals surface area contributed by atoms with E-state index in [1.807, 2.05) is 0 Å². The van der Waals surface area contributed by atoms with Gasteiger partial charge in [-0.3, -0.25) is 14.9 Å². The maximum atomic E-state index is 13.4. The van der Waals surface area contributed by atoms with Gasteiger partial charge in [-0.1, -0.05) is 6.07 Å². The first-order valence-corrected chi connectivity index (χ1v) is 4.79. The molecule has 8 heteroatoms. The Morgan fingerprint density at radius 1 is 1.44 bits per heavy atom. The number of carbonyl (C=O) groups is 1. The molecule has 0 aliphatic rings. The number of hydrogen-bond acceptors (Lipinski definition) is 4. The Morgan fingerprint density at radius 2 is 2.17 bits per heavy atom. The number of para-hydroxylation sites is 1. The molecule has 0 bridgehead atoms. The lowest BCUT2D eigenvalue weighted by Crippen LogP contribution is -2.12. The van der Waals surface area contributed by atoms with Crippen LogP contribution >= 0.6 is 0 Å². The van der Waals surface area contributed by atoms with E-state index in [-0.39, 0.29) is 11.4 Å². The molecule has 1 aromatic carbocycles. The fourth-order valence-corrected chi connectivity index (χ4v) is 1.46. The van der Waals surface area contributed by atoms with Crippen LogP contribution in [0.25, 0.3) is 5.69 Å². The molecule has 2 N–H and O–H groups in total. The molecule has 0 saturated carbocycles. The smallest absolute Gasteiger partial charge is 0.330 e. The highest BCUT2D eigenvalue weighted by molar-refractivity contribution is 5.90. The van der Waals surface area contributed by atoms with Gasteiger partial charge < -0.3 is 5.73 Å². The van der Waals surface area contributed by atoms with Gasteiger partial charge in [0, 0.05) is 6.20 Å². The largest absolute Gasteiger partial charge is 0.364 e. The number of hydrogen-bond donors (Lipinski definition) is 1. The Labute approximate surface area is 99.8 Å². The molecule has 0 unspecified atom stereocenters. The summed E-state index contributed by atoms with van der Waals surface area (Å²) in [6.45, 7) is 0. The van der Waals surface area contributed by atoms with Crippen molar-refractivity contribution in [3.63, 3.8) is 0 Å². The minimum Gasteiger partial charge on any atom is -0.364 e. The van der Waals surface area contributed by atoms with Crippen molar-refractivity contribution in [1.29, 1.82) is 0 Å². The highest BCUT2D eigenvalue weighted by Crippen LogP contribution is 2.25. The van der Waals surface area contributed by atoms with E-state index in [1.165, 1.54) is 24.4 Å². The summed E-state index contributed by atoms with van der Waals surface area (Å²) >= 11 is 0. The summed E-state index contributed by atoms with van der Waals surface area (Å²) in [7, 11) is 0. The number of nitro benzene ring substituents is 1. The first-order valence-electron chi connectivity index (χ1n) is 4.79. The second kappa shape index (κ2) is 4.24. The maximum Gasteiger partial charge on any atom is 0.330 e. The fraction of sp³-hybridized carbons (Fsp3) is 0. The predicted octanol–water partition coefficient (Wildman–Crippen LogP) is 1.02. The van der Waals surface area contributed by atoms with Crippen molar-refractivity contribution >= 4 is 11.6 Å². The van der Waals surface area contributed by atoms with Crippen molar-refractivity contribution in [3.05, 3.63) is 52.1 Å². The Balaban J connectivity index is 2.59. The van der Waals surface area contributed by atoms with Crippen LogP contribution in [0.3, 0.4) is 0 Å². The number of carbonyl (C=O) groups excluding carboxylic acids is 1. The number of benzene rings is 1. The topological polar surface area (TPSA) is 104 Å². The van der Waals surface area contributed by atoms with Gasteiger partial charge in [-0.05, 0) is 18.2 Å². The molecule has 1 aromatic heterocycles. The molecule has 0 aliphatic carbocycles. The zero-order valence-electron chi connectivity index (χ0n) is 8.91. The third kappa shape index (κ3) is 1.90. The summed E-state index contributed by atoms with van der Waals surface area (Å²) < 4.78 is 14.4. The van der Waals surface area contributed by atoms with Crippen LogP contribution in [0, 0.1) is 15.9 Å². The molecule has 0 saturated heterocycles. The number of halogens is 1. The van der Waals surface area contributed by atoms with E-state index in [0.29, 0.717) is 0 Å². The lowest BCUT2D eigenvalue weighted by Gasteiger charge is -2.03. The molecule has 0 spiro atoms. The zero-order chi connectivity index (χ0) is 13.3. The van der Waals surface area contributed by atoms with Gasteiger partial charge >= 0.3 is 5.69 Å². The van der Waals surface area contributed by atoms with Crippen LogP contribution in [0.1, 0.15) is 10.5 Å².